The Bertz CT molecular complexity index is 569. The monoisotopic (exact) mass is 304 g/mol. The first kappa shape index (κ1) is 16.3. The summed E-state index contributed by atoms with van der Waals surface area (Å²) in [4.78, 5) is 25.8. The van der Waals surface area contributed by atoms with E-state index >= 15 is 0 Å². The maximum Gasteiger partial charge on any atom is 0.326 e. The van der Waals surface area contributed by atoms with Crippen molar-refractivity contribution >= 4 is 23.3 Å². The lowest BCUT2D eigenvalue weighted by Gasteiger charge is -2.33. The molecule has 0 aromatic heterocycles. The lowest BCUT2D eigenvalue weighted by Crippen LogP contribution is -2.48. The zero-order chi connectivity index (χ0) is 16.3. The molecule has 1 atom stereocenters. The Morgan fingerprint density at radius 2 is 2.14 bits per heavy atom. The van der Waals surface area contributed by atoms with Gasteiger partial charge >= 0.3 is 5.97 Å². The number of ether oxygens (including phenoxy) is 1. The van der Waals surface area contributed by atoms with Crippen LogP contribution in [-0.2, 0) is 14.3 Å². The van der Waals surface area contributed by atoms with Gasteiger partial charge in [-0.1, -0.05) is 19.9 Å². The molecule has 1 aliphatic rings. The van der Waals surface area contributed by atoms with Crippen molar-refractivity contribution in [3.63, 3.8) is 0 Å². The summed E-state index contributed by atoms with van der Waals surface area (Å²) in [5.41, 5.74) is 2.71. The minimum atomic E-state index is -0.366. The third-order valence-corrected chi connectivity index (χ3v) is 3.70. The third-order valence-electron chi connectivity index (χ3n) is 3.70. The van der Waals surface area contributed by atoms with Gasteiger partial charge in [0.2, 0.25) is 5.91 Å². The Morgan fingerprint density at radius 1 is 1.41 bits per heavy atom. The standard InChI is InChI=1S/C17H24N2O3/c1-11(2)7-8-22-16(20)10-19-15-6-5-12(3)9-14(15)18-13(4)17(19)21/h5-6,9,11,13,18H,7-8,10H2,1-4H3. The fraction of sp³-hybridized carbons (Fsp3) is 0.529. The molecule has 0 fully saturated rings. The van der Waals surface area contributed by atoms with Gasteiger partial charge in [0.1, 0.15) is 12.6 Å². The molecule has 0 aliphatic carbocycles. The molecule has 1 heterocycles. The molecule has 5 nitrogen and oxygen atoms in total. The first-order valence-electron chi connectivity index (χ1n) is 7.72. The second kappa shape index (κ2) is 6.81. The van der Waals surface area contributed by atoms with Crippen LogP contribution in [0.1, 0.15) is 32.8 Å². The summed E-state index contributed by atoms with van der Waals surface area (Å²) in [5.74, 6) is 0.00382. The Hall–Kier alpha value is -2.04. The van der Waals surface area contributed by atoms with Gasteiger partial charge in [-0.15, -0.1) is 0 Å². The maximum atomic E-state index is 12.3. The van der Waals surface area contributed by atoms with Crippen LogP contribution in [0.3, 0.4) is 0 Å². The predicted octanol–water partition coefficient (Wildman–Crippen LogP) is 2.73. The number of aryl methyl sites for hydroxylation is 1. The van der Waals surface area contributed by atoms with E-state index in [1.54, 1.807) is 6.92 Å². The molecule has 1 N–H and O–H groups in total. The van der Waals surface area contributed by atoms with Crippen molar-refractivity contribution in [1.29, 1.82) is 0 Å². The highest BCUT2D eigenvalue weighted by molar-refractivity contribution is 6.07. The van der Waals surface area contributed by atoms with E-state index < -0.39 is 0 Å². The highest BCUT2D eigenvalue weighted by Crippen LogP contribution is 2.32. The highest BCUT2D eigenvalue weighted by Gasteiger charge is 2.31. The predicted molar refractivity (Wildman–Crippen MR) is 87.0 cm³/mol. The number of nitrogens with one attached hydrogen (secondary N) is 1. The van der Waals surface area contributed by atoms with Crippen molar-refractivity contribution in [2.45, 2.75) is 40.2 Å². The van der Waals surface area contributed by atoms with Crippen molar-refractivity contribution in [3.05, 3.63) is 23.8 Å². The molecular formula is C17H24N2O3. The van der Waals surface area contributed by atoms with Gasteiger partial charge in [0.05, 0.1) is 18.0 Å². The fourth-order valence-electron chi connectivity index (χ4n) is 2.39. The first-order chi connectivity index (χ1) is 10.4. The number of nitrogens with zero attached hydrogens (tertiary/aromatic N) is 1. The van der Waals surface area contributed by atoms with Crippen molar-refractivity contribution < 1.29 is 14.3 Å². The normalized spacial score (nSPS) is 17.2. The van der Waals surface area contributed by atoms with Gasteiger partial charge < -0.3 is 10.1 Å². The van der Waals surface area contributed by atoms with E-state index in [0.29, 0.717) is 12.5 Å². The van der Waals surface area contributed by atoms with Crippen LogP contribution in [0.2, 0.25) is 0 Å². The molecule has 22 heavy (non-hydrogen) atoms. The summed E-state index contributed by atoms with van der Waals surface area (Å²) in [6.07, 6.45) is 0.827. The summed E-state index contributed by atoms with van der Waals surface area (Å²) in [5, 5.41) is 3.17. The van der Waals surface area contributed by atoms with E-state index in [9.17, 15) is 9.59 Å². The second-order valence-corrected chi connectivity index (χ2v) is 6.21. The van der Waals surface area contributed by atoms with Gasteiger partial charge in [-0.05, 0) is 43.9 Å². The molecule has 1 aromatic rings. The molecule has 0 radical (unpaired) electrons. The number of hydrogen-bond acceptors (Lipinski definition) is 4. The van der Waals surface area contributed by atoms with Crippen LogP contribution in [0.5, 0.6) is 0 Å². The number of anilines is 2. The Balaban J connectivity index is 2.09. The van der Waals surface area contributed by atoms with Crippen LogP contribution >= 0.6 is 0 Å². The second-order valence-electron chi connectivity index (χ2n) is 6.21. The fourth-order valence-corrected chi connectivity index (χ4v) is 2.39. The number of amides is 1. The minimum absolute atomic E-state index is 0.0426. The molecule has 1 aromatic carbocycles. The number of benzene rings is 1. The molecule has 1 aliphatic heterocycles. The minimum Gasteiger partial charge on any atom is -0.464 e. The average molecular weight is 304 g/mol. The number of carbonyl (C=O) groups is 2. The van der Waals surface area contributed by atoms with Crippen LogP contribution in [-0.4, -0.2) is 31.1 Å². The van der Waals surface area contributed by atoms with Gasteiger partial charge in [0.25, 0.3) is 0 Å². The molecule has 120 valence electrons. The van der Waals surface area contributed by atoms with Gasteiger partial charge in [0, 0.05) is 0 Å². The number of fused-ring (bicyclic) bond motifs is 1. The van der Waals surface area contributed by atoms with E-state index in [0.717, 1.165) is 23.4 Å². The van der Waals surface area contributed by atoms with Crippen LogP contribution in [0, 0.1) is 12.8 Å². The highest BCUT2D eigenvalue weighted by atomic mass is 16.5. The van der Waals surface area contributed by atoms with E-state index in [1.807, 2.05) is 25.1 Å². The zero-order valence-electron chi connectivity index (χ0n) is 13.7. The van der Waals surface area contributed by atoms with Crippen molar-refractivity contribution in [3.8, 4) is 0 Å². The number of rotatable bonds is 5. The summed E-state index contributed by atoms with van der Waals surface area (Å²) < 4.78 is 5.22. The van der Waals surface area contributed by atoms with Crippen LogP contribution in [0.4, 0.5) is 11.4 Å². The van der Waals surface area contributed by atoms with Crippen molar-refractivity contribution in [1.82, 2.24) is 0 Å². The number of esters is 1. The van der Waals surface area contributed by atoms with Gasteiger partial charge in [-0.3, -0.25) is 14.5 Å². The molecule has 0 saturated heterocycles. The molecule has 1 amide bonds. The third kappa shape index (κ3) is 3.78. The molecule has 0 bridgehead atoms. The Labute approximate surface area is 131 Å². The molecule has 2 rings (SSSR count). The van der Waals surface area contributed by atoms with Crippen LogP contribution < -0.4 is 10.2 Å². The maximum absolute atomic E-state index is 12.3. The van der Waals surface area contributed by atoms with E-state index in [4.69, 9.17) is 4.74 Å². The quantitative estimate of drug-likeness (QED) is 0.850. The average Bonchev–Trinajstić information content (AvgIpc) is 2.43. The van der Waals surface area contributed by atoms with Crippen molar-refractivity contribution in [2.75, 3.05) is 23.4 Å². The molecule has 1 unspecified atom stereocenters. The van der Waals surface area contributed by atoms with Gasteiger partial charge in [-0.25, -0.2) is 0 Å². The van der Waals surface area contributed by atoms with E-state index in [1.165, 1.54) is 4.90 Å². The lowest BCUT2D eigenvalue weighted by molar-refractivity contribution is -0.143. The van der Waals surface area contributed by atoms with Crippen LogP contribution in [0.25, 0.3) is 0 Å². The largest absolute Gasteiger partial charge is 0.464 e. The first-order valence-corrected chi connectivity index (χ1v) is 7.72. The lowest BCUT2D eigenvalue weighted by atomic mass is 10.1. The zero-order valence-corrected chi connectivity index (χ0v) is 13.7. The van der Waals surface area contributed by atoms with Crippen LogP contribution in [0.15, 0.2) is 18.2 Å². The van der Waals surface area contributed by atoms with E-state index in [2.05, 4.69) is 19.2 Å². The van der Waals surface area contributed by atoms with Gasteiger partial charge in [-0.2, -0.15) is 0 Å². The summed E-state index contributed by atoms with van der Waals surface area (Å²) in [6, 6.07) is 5.43. The molecule has 0 spiro atoms. The SMILES string of the molecule is Cc1ccc2c(c1)NC(C)C(=O)N2CC(=O)OCCC(C)C. The Morgan fingerprint density at radius 3 is 2.82 bits per heavy atom. The Kier molecular flexibility index (Phi) is 5.06. The number of carbonyl (C=O) groups excluding carboxylic acids is 2. The molecule has 0 saturated carbocycles. The summed E-state index contributed by atoms with van der Waals surface area (Å²) in [6.45, 7) is 8.30. The van der Waals surface area contributed by atoms with Gasteiger partial charge in [0.15, 0.2) is 0 Å². The molecular weight excluding hydrogens is 280 g/mol. The number of hydrogen-bond donors (Lipinski definition) is 1. The van der Waals surface area contributed by atoms with E-state index in [-0.39, 0.29) is 24.5 Å². The smallest absolute Gasteiger partial charge is 0.326 e. The van der Waals surface area contributed by atoms with Crippen molar-refractivity contribution in [2.24, 2.45) is 5.92 Å². The molecule has 5 heteroatoms. The summed E-state index contributed by atoms with van der Waals surface area (Å²) >= 11 is 0. The summed E-state index contributed by atoms with van der Waals surface area (Å²) in [7, 11) is 0. The topological polar surface area (TPSA) is 58.6 Å².